The van der Waals surface area contributed by atoms with Crippen molar-refractivity contribution < 1.29 is 19.8 Å². The summed E-state index contributed by atoms with van der Waals surface area (Å²) in [6.45, 7) is -0.654. The largest absolute Gasteiger partial charge is 0.480 e. The number of nitrogens with one attached hydrogen (secondary N) is 1. The number of aryl methyl sites for hydroxylation is 1. The Kier molecular flexibility index (Phi) is 3.40. The Morgan fingerprint density at radius 2 is 2.33 bits per heavy atom. The van der Waals surface area contributed by atoms with Gasteiger partial charge >= 0.3 is 5.97 Å². The Morgan fingerprint density at radius 1 is 1.67 bits per heavy atom. The number of amides is 1. The number of carboxylic acids is 1. The Hall–Kier alpha value is -1.89. The van der Waals surface area contributed by atoms with Crippen molar-refractivity contribution in [3.05, 3.63) is 18.2 Å². The van der Waals surface area contributed by atoms with Gasteiger partial charge in [0.15, 0.2) is 6.04 Å². The minimum Gasteiger partial charge on any atom is -0.480 e. The molecular formula is C8H11N3O4. The molecule has 0 spiro atoms. The number of hydrogen-bond acceptors (Lipinski definition) is 4. The quantitative estimate of drug-likeness (QED) is 0.570. The topological polar surface area (TPSA) is 104 Å². The predicted octanol–water partition coefficient (Wildman–Crippen LogP) is -1.40. The second-order valence-electron chi connectivity index (χ2n) is 2.94. The summed E-state index contributed by atoms with van der Waals surface area (Å²) in [6, 6.07) is -1.30. The van der Waals surface area contributed by atoms with Gasteiger partial charge in [-0.25, -0.2) is 9.78 Å². The van der Waals surface area contributed by atoms with Gasteiger partial charge in [-0.1, -0.05) is 0 Å². The van der Waals surface area contributed by atoms with E-state index in [-0.39, 0.29) is 5.69 Å². The van der Waals surface area contributed by atoms with Crippen LogP contribution < -0.4 is 5.32 Å². The van der Waals surface area contributed by atoms with E-state index < -0.39 is 24.5 Å². The molecule has 3 N–H and O–H groups in total. The molecule has 0 aromatic carbocycles. The number of aliphatic hydroxyl groups excluding tert-OH is 1. The molecule has 1 heterocycles. The van der Waals surface area contributed by atoms with Crippen LogP contribution in [0.4, 0.5) is 0 Å². The summed E-state index contributed by atoms with van der Waals surface area (Å²) < 4.78 is 1.45. The first kappa shape index (κ1) is 11.2. The number of carbonyl (C=O) groups excluding carboxylic acids is 1. The lowest BCUT2D eigenvalue weighted by molar-refractivity contribution is -0.140. The highest BCUT2D eigenvalue weighted by Gasteiger charge is 2.20. The number of carbonyl (C=O) groups is 2. The van der Waals surface area contributed by atoms with Crippen LogP contribution in [0.5, 0.6) is 0 Å². The van der Waals surface area contributed by atoms with E-state index in [0.29, 0.717) is 0 Å². The molecule has 0 bridgehead atoms. The molecule has 7 nitrogen and oxygen atoms in total. The number of aliphatic carboxylic acids is 1. The van der Waals surface area contributed by atoms with Gasteiger partial charge in [0.1, 0.15) is 5.69 Å². The molecule has 7 heteroatoms. The van der Waals surface area contributed by atoms with E-state index in [4.69, 9.17) is 10.2 Å². The fourth-order valence-corrected chi connectivity index (χ4v) is 0.994. The van der Waals surface area contributed by atoms with Gasteiger partial charge < -0.3 is 20.1 Å². The second-order valence-corrected chi connectivity index (χ2v) is 2.94. The molecule has 0 radical (unpaired) electrons. The van der Waals surface area contributed by atoms with Gasteiger partial charge in [-0.05, 0) is 0 Å². The van der Waals surface area contributed by atoms with E-state index in [0.717, 1.165) is 0 Å². The Balaban J connectivity index is 2.71. The van der Waals surface area contributed by atoms with Crippen molar-refractivity contribution in [3.8, 4) is 0 Å². The van der Waals surface area contributed by atoms with Crippen molar-refractivity contribution >= 4 is 11.9 Å². The number of rotatable bonds is 4. The minimum absolute atomic E-state index is 0.231. The molecule has 0 fully saturated rings. The van der Waals surface area contributed by atoms with E-state index in [1.165, 1.54) is 17.1 Å². The lowest BCUT2D eigenvalue weighted by atomic mass is 10.3. The highest BCUT2D eigenvalue weighted by molar-refractivity contribution is 5.95. The van der Waals surface area contributed by atoms with Gasteiger partial charge in [-0.3, -0.25) is 4.79 Å². The SMILES string of the molecule is Cn1cncc1C(=O)NC(CO)C(=O)O. The van der Waals surface area contributed by atoms with Gasteiger partial charge in [0, 0.05) is 7.05 Å². The van der Waals surface area contributed by atoms with Gasteiger partial charge in [0.05, 0.1) is 19.1 Å². The number of aromatic nitrogens is 2. The standard InChI is InChI=1S/C8H11N3O4/c1-11-4-9-2-6(11)7(13)10-5(3-12)8(14)15/h2,4-5,12H,3H2,1H3,(H,10,13)(H,14,15). The molecule has 1 aromatic heterocycles. The molecule has 0 aliphatic carbocycles. The van der Waals surface area contributed by atoms with Crippen molar-refractivity contribution in [2.45, 2.75) is 6.04 Å². The number of nitrogens with zero attached hydrogens (tertiary/aromatic N) is 2. The summed E-state index contributed by atoms with van der Waals surface area (Å²) in [4.78, 5) is 25.7. The first-order valence-electron chi connectivity index (χ1n) is 4.17. The van der Waals surface area contributed by atoms with E-state index >= 15 is 0 Å². The van der Waals surface area contributed by atoms with Crippen LogP contribution in [-0.4, -0.2) is 44.3 Å². The molecule has 82 valence electrons. The molecule has 0 saturated carbocycles. The van der Waals surface area contributed by atoms with Crippen LogP contribution in [0.1, 0.15) is 10.5 Å². The van der Waals surface area contributed by atoms with E-state index in [2.05, 4.69) is 10.3 Å². The van der Waals surface area contributed by atoms with Crippen LogP contribution in [0, 0.1) is 0 Å². The van der Waals surface area contributed by atoms with Crippen LogP contribution in [0.15, 0.2) is 12.5 Å². The number of imidazole rings is 1. The number of aliphatic hydroxyl groups is 1. The molecular weight excluding hydrogens is 202 g/mol. The van der Waals surface area contributed by atoms with Crippen LogP contribution >= 0.6 is 0 Å². The Labute approximate surface area is 85.4 Å². The fraction of sp³-hybridized carbons (Fsp3) is 0.375. The summed E-state index contributed by atoms with van der Waals surface area (Å²) in [6.07, 6.45) is 2.73. The molecule has 1 rings (SSSR count). The molecule has 1 atom stereocenters. The van der Waals surface area contributed by atoms with Crippen LogP contribution in [0.3, 0.4) is 0 Å². The van der Waals surface area contributed by atoms with Crippen molar-refractivity contribution in [1.29, 1.82) is 0 Å². The van der Waals surface area contributed by atoms with E-state index in [1.807, 2.05) is 0 Å². The molecule has 1 unspecified atom stereocenters. The lowest BCUT2D eigenvalue weighted by Gasteiger charge is -2.11. The lowest BCUT2D eigenvalue weighted by Crippen LogP contribution is -2.43. The van der Waals surface area contributed by atoms with Crippen molar-refractivity contribution in [1.82, 2.24) is 14.9 Å². The minimum atomic E-state index is -1.30. The Morgan fingerprint density at radius 3 is 2.73 bits per heavy atom. The third kappa shape index (κ3) is 2.53. The molecule has 1 amide bonds. The number of carboxylic acid groups (broad SMARTS) is 1. The average molecular weight is 213 g/mol. The van der Waals surface area contributed by atoms with Crippen LogP contribution in [-0.2, 0) is 11.8 Å². The smallest absolute Gasteiger partial charge is 0.328 e. The molecule has 0 aliphatic heterocycles. The van der Waals surface area contributed by atoms with E-state index in [1.54, 1.807) is 7.05 Å². The summed E-state index contributed by atoms with van der Waals surface area (Å²) in [5.41, 5.74) is 0.231. The first-order valence-corrected chi connectivity index (χ1v) is 4.17. The highest BCUT2D eigenvalue weighted by Crippen LogP contribution is 1.96. The summed E-state index contributed by atoms with van der Waals surface area (Å²) in [7, 11) is 1.61. The van der Waals surface area contributed by atoms with Gasteiger partial charge in [-0.15, -0.1) is 0 Å². The normalized spacial score (nSPS) is 12.1. The number of hydrogen-bond donors (Lipinski definition) is 3. The molecule has 0 aliphatic rings. The molecule has 15 heavy (non-hydrogen) atoms. The maximum Gasteiger partial charge on any atom is 0.328 e. The fourth-order valence-electron chi connectivity index (χ4n) is 0.994. The molecule has 1 aromatic rings. The van der Waals surface area contributed by atoms with Crippen molar-refractivity contribution in [3.63, 3.8) is 0 Å². The predicted molar refractivity (Wildman–Crippen MR) is 49.2 cm³/mol. The average Bonchev–Trinajstić information content (AvgIpc) is 2.60. The Bertz CT molecular complexity index is 374. The van der Waals surface area contributed by atoms with Crippen LogP contribution in [0.2, 0.25) is 0 Å². The van der Waals surface area contributed by atoms with Gasteiger partial charge in [0.25, 0.3) is 5.91 Å². The summed E-state index contributed by atoms with van der Waals surface area (Å²) in [5, 5.41) is 19.4. The second kappa shape index (κ2) is 4.56. The zero-order chi connectivity index (χ0) is 11.4. The van der Waals surface area contributed by atoms with Gasteiger partial charge in [0.2, 0.25) is 0 Å². The zero-order valence-corrected chi connectivity index (χ0v) is 8.04. The highest BCUT2D eigenvalue weighted by atomic mass is 16.4. The first-order chi connectivity index (χ1) is 7.06. The molecule has 0 saturated heterocycles. The summed E-state index contributed by atoms with van der Waals surface area (Å²) in [5.74, 6) is -1.87. The van der Waals surface area contributed by atoms with Crippen LogP contribution in [0.25, 0.3) is 0 Å². The third-order valence-electron chi connectivity index (χ3n) is 1.84. The zero-order valence-electron chi connectivity index (χ0n) is 8.04. The van der Waals surface area contributed by atoms with Crippen molar-refractivity contribution in [2.75, 3.05) is 6.61 Å². The van der Waals surface area contributed by atoms with Crippen molar-refractivity contribution in [2.24, 2.45) is 7.05 Å². The monoisotopic (exact) mass is 213 g/mol. The van der Waals surface area contributed by atoms with E-state index in [9.17, 15) is 9.59 Å². The maximum atomic E-state index is 11.5. The summed E-state index contributed by atoms with van der Waals surface area (Å²) >= 11 is 0. The third-order valence-corrected chi connectivity index (χ3v) is 1.84. The maximum absolute atomic E-state index is 11.5. The van der Waals surface area contributed by atoms with Gasteiger partial charge in [-0.2, -0.15) is 0 Å².